The zero-order valence-electron chi connectivity index (χ0n) is 10.4. The minimum atomic E-state index is 0.740. The SMILES string of the molecule is Cc1ccnc(-c2cccc(C3=CCSN=N3)c2)n1. The van der Waals surface area contributed by atoms with Gasteiger partial charge in [0.05, 0.1) is 5.70 Å². The Balaban J connectivity index is 2.00. The van der Waals surface area contributed by atoms with Crippen LogP contribution in [0.25, 0.3) is 17.1 Å². The van der Waals surface area contributed by atoms with Crippen LogP contribution in [0.2, 0.25) is 0 Å². The summed E-state index contributed by atoms with van der Waals surface area (Å²) in [5.41, 5.74) is 3.92. The standard InChI is InChI=1S/C14H12N4S/c1-10-5-7-15-14(16-10)12-4-2-3-11(9-12)13-6-8-19-18-17-13/h2-7,9H,8H2,1H3. The van der Waals surface area contributed by atoms with Crippen LogP contribution < -0.4 is 0 Å². The fourth-order valence-electron chi connectivity index (χ4n) is 1.84. The van der Waals surface area contributed by atoms with E-state index in [1.54, 1.807) is 6.20 Å². The van der Waals surface area contributed by atoms with E-state index >= 15 is 0 Å². The number of benzene rings is 1. The highest BCUT2D eigenvalue weighted by atomic mass is 32.2. The van der Waals surface area contributed by atoms with Crippen molar-refractivity contribution < 1.29 is 0 Å². The molecule has 5 heteroatoms. The maximum Gasteiger partial charge on any atom is 0.159 e. The van der Waals surface area contributed by atoms with Gasteiger partial charge in [-0.2, -0.15) is 0 Å². The molecule has 2 aromatic rings. The van der Waals surface area contributed by atoms with Gasteiger partial charge in [-0.25, -0.2) is 9.97 Å². The molecule has 0 spiro atoms. The maximum atomic E-state index is 4.44. The van der Waals surface area contributed by atoms with Crippen LogP contribution in [-0.2, 0) is 0 Å². The highest BCUT2D eigenvalue weighted by Gasteiger charge is 2.07. The molecule has 0 unspecified atom stereocenters. The van der Waals surface area contributed by atoms with Gasteiger partial charge in [-0.05, 0) is 25.1 Å². The number of aromatic nitrogens is 2. The lowest BCUT2D eigenvalue weighted by Gasteiger charge is -2.07. The average molecular weight is 268 g/mol. The van der Waals surface area contributed by atoms with Gasteiger partial charge in [0.1, 0.15) is 0 Å². The molecule has 1 aromatic carbocycles. The van der Waals surface area contributed by atoms with Crippen LogP contribution in [0.1, 0.15) is 11.3 Å². The number of aryl methyl sites for hydroxylation is 1. The molecule has 1 aliphatic heterocycles. The highest BCUT2D eigenvalue weighted by Crippen LogP contribution is 2.26. The molecule has 4 nitrogen and oxygen atoms in total. The molecule has 1 aromatic heterocycles. The Kier molecular flexibility index (Phi) is 3.37. The maximum absolute atomic E-state index is 4.44. The molecule has 0 aliphatic carbocycles. The minimum absolute atomic E-state index is 0.740. The van der Waals surface area contributed by atoms with Crippen LogP contribution in [-0.4, -0.2) is 15.7 Å². The van der Waals surface area contributed by atoms with Crippen molar-refractivity contribution in [1.29, 1.82) is 0 Å². The van der Waals surface area contributed by atoms with Gasteiger partial charge in [0.2, 0.25) is 0 Å². The number of hydrogen-bond donors (Lipinski definition) is 0. The molecule has 94 valence electrons. The topological polar surface area (TPSA) is 50.5 Å². The van der Waals surface area contributed by atoms with Crippen LogP contribution in [0.15, 0.2) is 52.2 Å². The van der Waals surface area contributed by atoms with E-state index in [9.17, 15) is 0 Å². The Labute approximate surface area is 115 Å². The molecule has 0 N–H and O–H groups in total. The summed E-state index contributed by atoms with van der Waals surface area (Å²) in [5.74, 6) is 1.61. The van der Waals surface area contributed by atoms with Gasteiger partial charge in [0.15, 0.2) is 5.82 Å². The van der Waals surface area contributed by atoms with E-state index in [1.807, 2.05) is 31.2 Å². The average Bonchev–Trinajstić information content (AvgIpc) is 2.48. The molecule has 0 fully saturated rings. The Morgan fingerprint density at radius 2 is 2.05 bits per heavy atom. The van der Waals surface area contributed by atoms with Crippen LogP contribution in [0.5, 0.6) is 0 Å². The number of rotatable bonds is 2. The lowest BCUT2D eigenvalue weighted by atomic mass is 10.1. The van der Waals surface area contributed by atoms with Crippen molar-refractivity contribution in [2.75, 3.05) is 5.75 Å². The zero-order valence-corrected chi connectivity index (χ0v) is 11.3. The van der Waals surface area contributed by atoms with Crippen molar-refractivity contribution in [3.63, 3.8) is 0 Å². The van der Waals surface area contributed by atoms with E-state index in [1.165, 1.54) is 11.9 Å². The summed E-state index contributed by atoms with van der Waals surface area (Å²) in [4.78, 5) is 8.75. The second-order valence-electron chi connectivity index (χ2n) is 4.17. The largest absolute Gasteiger partial charge is 0.237 e. The van der Waals surface area contributed by atoms with Gasteiger partial charge in [0.25, 0.3) is 0 Å². The Morgan fingerprint density at radius 3 is 2.84 bits per heavy atom. The van der Waals surface area contributed by atoms with E-state index < -0.39 is 0 Å². The molecule has 0 saturated heterocycles. The summed E-state index contributed by atoms with van der Waals surface area (Å²) >= 11 is 1.45. The van der Waals surface area contributed by atoms with Crippen LogP contribution in [0.3, 0.4) is 0 Å². The predicted octanol–water partition coefficient (Wildman–Crippen LogP) is 3.91. The molecule has 0 atom stereocenters. The van der Waals surface area contributed by atoms with Gasteiger partial charge in [-0.3, -0.25) is 0 Å². The number of hydrogen-bond acceptors (Lipinski definition) is 5. The first-order valence-corrected chi connectivity index (χ1v) is 6.91. The number of nitrogens with zero attached hydrogens (tertiary/aromatic N) is 4. The predicted molar refractivity (Wildman–Crippen MR) is 77.5 cm³/mol. The molecular weight excluding hydrogens is 256 g/mol. The van der Waals surface area contributed by atoms with Gasteiger partial charge in [-0.15, -0.1) is 9.63 Å². The lowest BCUT2D eigenvalue weighted by Crippen LogP contribution is -1.92. The van der Waals surface area contributed by atoms with Gasteiger partial charge in [0, 0.05) is 40.7 Å². The van der Waals surface area contributed by atoms with Crippen LogP contribution >= 0.6 is 11.9 Å². The first kappa shape index (κ1) is 12.0. The van der Waals surface area contributed by atoms with Crippen LogP contribution in [0, 0.1) is 6.92 Å². The van der Waals surface area contributed by atoms with E-state index in [2.05, 4.69) is 31.7 Å². The lowest BCUT2D eigenvalue weighted by molar-refractivity contribution is 1.11. The summed E-state index contributed by atoms with van der Waals surface area (Å²) in [6.45, 7) is 1.96. The van der Waals surface area contributed by atoms with Gasteiger partial charge >= 0.3 is 0 Å². The molecule has 2 heterocycles. The van der Waals surface area contributed by atoms with E-state index in [-0.39, 0.29) is 0 Å². The van der Waals surface area contributed by atoms with E-state index in [4.69, 9.17) is 0 Å². The van der Waals surface area contributed by atoms with Crippen molar-refractivity contribution >= 4 is 17.6 Å². The Bertz CT molecular complexity index is 664. The summed E-state index contributed by atoms with van der Waals surface area (Å²) < 4.78 is 3.99. The first-order valence-electron chi connectivity index (χ1n) is 5.96. The van der Waals surface area contributed by atoms with Crippen molar-refractivity contribution in [2.24, 2.45) is 9.63 Å². The molecule has 0 saturated carbocycles. The third-order valence-electron chi connectivity index (χ3n) is 2.77. The fraction of sp³-hybridized carbons (Fsp3) is 0.143. The molecule has 0 radical (unpaired) electrons. The molecule has 0 bridgehead atoms. The first-order chi connectivity index (χ1) is 9.33. The second kappa shape index (κ2) is 5.32. The highest BCUT2D eigenvalue weighted by molar-refractivity contribution is 7.98. The van der Waals surface area contributed by atoms with Gasteiger partial charge in [-0.1, -0.05) is 18.2 Å². The molecule has 1 aliphatic rings. The minimum Gasteiger partial charge on any atom is -0.237 e. The Morgan fingerprint density at radius 1 is 1.16 bits per heavy atom. The molecule has 0 amide bonds. The summed E-state index contributed by atoms with van der Waals surface area (Å²) in [6, 6.07) is 9.97. The second-order valence-corrected chi connectivity index (χ2v) is 4.92. The normalized spacial score (nSPS) is 14.3. The Hall–Kier alpha value is -2.01. The van der Waals surface area contributed by atoms with Crippen LogP contribution in [0.4, 0.5) is 0 Å². The van der Waals surface area contributed by atoms with E-state index in [0.717, 1.165) is 34.1 Å². The third kappa shape index (κ3) is 2.71. The molecule has 19 heavy (non-hydrogen) atoms. The van der Waals surface area contributed by atoms with E-state index in [0.29, 0.717) is 0 Å². The smallest absolute Gasteiger partial charge is 0.159 e. The summed E-state index contributed by atoms with van der Waals surface area (Å²) in [6.07, 6.45) is 3.86. The van der Waals surface area contributed by atoms with Gasteiger partial charge < -0.3 is 0 Å². The van der Waals surface area contributed by atoms with Crippen molar-refractivity contribution in [3.05, 3.63) is 53.9 Å². The quantitative estimate of drug-likeness (QED) is 0.776. The van der Waals surface area contributed by atoms with Crippen molar-refractivity contribution in [1.82, 2.24) is 9.97 Å². The van der Waals surface area contributed by atoms with Crippen molar-refractivity contribution in [2.45, 2.75) is 6.92 Å². The fourth-order valence-corrected chi connectivity index (χ4v) is 2.29. The molecular formula is C14H12N4S. The summed E-state index contributed by atoms with van der Waals surface area (Å²) in [5, 5.41) is 4.16. The molecule has 3 rings (SSSR count). The zero-order chi connectivity index (χ0) is 13.1. The third-order valence-corrected chi connectivity index (χ3v) is 3.28. The van der Waals surface area contributed by atoms with Crippen molar-refractivity contribution in [3.8, 4) is 11.4 Å². The summed E-state index contributed by atoms with van der Waals surface area (Å²) in [7, 11) is 0. The monoisotopic (exact) mass is 268 g/mol.